The van der Waals surface area contributed by atoms with Crippen LogP contribution in [0.15, 0.2) is 48.8 Å². The largest absolute Gasteiger partial charge is 0.481 e. The molecular formula is C20H22FN5O2. The van der Waals surface area contributed by atoms with Gasteiger partial charge in [0.15, 0.2) is 6.10 Å². The Kier molecular flexibility index (Phi) is 5.39. The van der Waals surface area contributed by atoms with Crippen molar-refractivity contribution in [3.8, 4) is 11.4 Å². The molecule has 1 atom stereocenters. The first-order chi connectivity index (χ1) is 13.2. The van der Waals surface area contributed by atoms with Crippen LogP contribution >= 0.6 is 0 Å². The number of tetrazole rings is 1. The molecule has 3 rings (SSSR count). The summed E-state index contributed by atoms with van der Waals surface area (Å²) < 4.78 is 21.2. The zero-order valence-electron chi connectivity index (χ0n) is 16.2. The lowest BCUT2D eigenvalue weighted by atomic mass is 9.87. The Bertz CT molecular complexity index is 950. The SMILES string of the molecule is CC(Oc1ccc(C(C)(C)C)cc1)C(=O)Nc1cc(-n2cnnn2)ccc1F. The molecule has 1 amide bonds. The van der Waals surface area contributed by atoms with Crippen LogP contribution < -0.4 is 10.1 Å². The van der Waals surface area contributed by atoms with Crippen LogP contribution in [-0.2, 0) is 10.2 Å². The lowest BCUT2D eigenvalue weighted by Crippen LogP contribution is -2.30. The number of nitrogens with one attached hydrogen (secondary N) is 1. The van der Waals surface area contributed by atoms with E-state index < -0.39 is 17.8 Å². The molecule has 1 N–H and O–H groups in total. The highest BCUT2D eigenvalue weighted by Gasteiger charge is 2.18. The highest BCUT2D eigenvalue weighted by Crippen LogP contribution is 2.25. The molecule has 1 aromatic heterocycles. The van der Waals surface area contributed by atoms with Gasteiger partial charge in [0.2, 0.25) is 0 Å². The Morgan fingerprint density at radius 3 is 2.50 bits per heavy atom. The van der Waals surface area contributed by atoms with Crippen molar-refractivity contribution in [2.24, 2.45) is 0 Å². The maximum Gasteiger partial charge on any atom is 0.265 e. The van der Waals surface area contributed by atoms with Crippen molar-refractivity contribution in [3.63, 3.8) is 0 Å². The zero-order valence-corrected chi connectivity index (χ0v) is 16.2. The topological polar surface area (TPSA) is 81.9 Å². The second kappa shape index (κ2) is 7.75. The summed E-state index contributed by atoms with van der Waals surface area (Å²) in [6, 6.07) is 11.8. The van der Waals surface area contributed by atoms with Gasteiger partial charge in [0, 0.05) is 0 Å². The van der Waals surface area contributed by atoms with Crippen LogP contribution in [0.4, 0.5) is 10.1 Å². The van der Waals surface area contributed by atoms with E-state index in [-0.39, 0.29) is 11.1 Å². The van der Waals surface area contributed by atoms with Gasteiger partial charge in [-0.1, -0.05) is 32.9 Å². The van der Waals surface area contributed by atoms with E-state index in [1.165, 1.54) is 34.8 Å². The van der Waals surface area contributed by atoms with E-state index in [1.807, 2.05) is 24.3 Å². The Labute approximate surface area is 162 Å². The predicted octanol–water partition coefficient (Wildman–Crippen LogP) is 3.50. The van der Waals surface area contributed by atoms with Gasteiger partial charge < -0.3 is 10.1 Å². The molecule has 0 bridgehead atoms. The van der Waals surface area contributed by atoms with Crippen molar-refractivity contribution in [3.05, 3.63) is 60.2 Å². The van der Waals surface area contributed by atoms with Crippen LogP contribution in [0.1, 0.15) is 33.3 Å². The second-order valence-corrected chi connectivity index (χ2v) is 7.44. The number of hydrogen-bond donors (Lipinski definition) is 1. The fourth-order valence-corrected chi connectivity index (χ4v) is 2.56. The summed E-state index contributed by atoms with van der Waals surface area (Å²) in [5, 5.41) is 13.4. The van der Waals surface area contributed by atoms with Gasteiger partial charge in [-0.2, -0.15) is 0 Å². The molecule has 0 saturated heterocycles. The number of benzene rings is 2. The van der Waals surface area contributed by atoms with E-state index in [2.05, 4.69) is 41.6 Å². The minimum atomic E-state index is -0.809. The number of carbonyl (C=O) groups excluding carboxylic acids is 1. The number of rotatable bonds is 5. The van der Waals surface area contributed by atoms with E-state index >= 15 is 0 Å². The minimum Gasteiger partial charge on any atom is -0.481 e. The Morgan fingerprint density at radius 1 is 1.18 bits per heavy atom. The smallest absolute Gasteiger partial charge is 0.265 e. The summed E-state index contributed by atoms with van der Waals surface area (Å²) in [4.78, 5) is 12.4. The van der Waals surface area contributed by atoms with Gasteiger partial charge in [0.05, 0.1) is 11.4 Å². The lowest BCUT2D eigenvalue weighted by molar-refractivity contribution is -0.122. The number of anilines is 1. The van der Waals surface area contributed by atoms with Gasteiger partial charge in [0.1, 0.15) is 17.9 Å². The van der Waals surface area contributed by atoms with Crippen molar-refractivity contribution in [2.45, 2.75) is 39.2 Å². The van der Waals surface area contributed by atoms with Crippen LogP contribution in [0, 0.1) is 5.82 Å². The van der Waals surface area contributed by atoms with E-state index in [0.717, 1.165) is 0 Å². The van der Waals surface area contributed by atoms with Crippen LogP contribution in [-0.4, -0.2) is 32.2 Å². The van der Waals surface area contributed by atoms with E-state index in [4.69, 9.17) is 4.74 Å². The van der Waals surface area contributed by atoms with Crippen molar-refractivity contribution < 1.29 is 13.9 Å². The van der Waals surface area contributed by atoms with Crippen molar-refractivity contribution in [2.75, 3.05) is 5.32 Å². The molecule has 8 heteroatoms. The summed E-state index contributed by atoms with van der Waals surface area (Å²) in [5.41, 5.74) is 1.74. The van der Waals surface area contributed by atoms with Crippen LogP contribution in [0.3, 0.4) is 0 Å². The van der Waals surface area contributed by atoms with Crippen molar-refractivity contribution in [1.82, 2.24) is 20.2 Å². The van der Waals surface area contributed by atoms with E-state index in [9.17, 15) is 9.18 Å². The van der Waals surface area contributed by atoms with Crippen LogP contribution in [0.2, 0.25) is 0 Å². The third kappa shape index (κ3) is 4.51. The first-order valence-corrected chi connectivity index (χ1v) is 8.85. The number of amides is 1. The van der Waals surface area contributed by atoms with Gasteiger partial charge in [-0.15, -0.1) is 5.10 Å². The number of aromatic nitrogens is 4. The summed E-state index contributed by atoms with van der Waals surface area (Å²) in [7, 11) is 0. The summed E-state index contributed by atoms with van der Waals surface area (Å²) in [6.07, 6.45) is 0.572. The third-order valence-electron chi connectivity index (χ3n) is 4.22. The monoisotopic (exact) mass is 383 g/mol. The Hall–Kier alpha value is -3.29. The number of halogens is 1. The molecule has 0 radical (unpaired) electrons. The minimum absolute atomic E-state index is 0.0246. The molecule has 0 saturated carbocycles. The maximum absolute atomic E-state index is 14.1. The third-order valence-corrected chi connectivity index (χ3v) is 4.22. The number of carbonyl (C=O) groups is 1. The van der Waals surface area contributed by atoms with E-state index in [1.54, 1.807) is 6.92 Å². The number of hydrogen-bond acceptors (Lipinski definition) is 5. The van der Waals surface area contributed by atoms with Gasteiger partial charge in [-0.3, -0.25) is 4.79 Å². The molecule has 0 aliphatic heterocycles. The fourth-order valence-electron chi connectivity index (χ4n) is 2.56. The van der Waals surface area contributed by atoms with Crippen LogP contribution in [0.25, 0.3) is 5.69 Å². The summed E-state index contributed by atoms with van der Waals surface area (Å²) in [6.45, 7) is 7.97. The lowest BCUT2D eigenvalue weighted by Gasteiger charge is -2.20. The summed E-state index contributed by atoms with van der Waals surface area (Å²) in [5.74, 6) is -0.460. The molecule has 146 valence electrons. The first kappa shape index (κ1) is 19.5. The molecule has 1 heterocycles. The van der Waals surface area contributed by atoms with Crippen molar-refractivity contribution in [1.29, 1.82) is 0 Å². The predicted molar refractivity (Wildman–Crippen MR) is 103 cm³/mol. The molecule has 1 unspecified atom stereocenters. The molecule has 0 spiro atoms. The molecule has 28 heavy (non-hydrogen) atoms. The number of nitrogens with zero attached hydrogens (tertiary/aromatic N) is 4. The van der Waals surface area contributed by atoms with Crippen molar-refractivity contribution >= 4 is 11.6 Å². The molecule has 3 aromatic rings. The molecule has 0 aliphatic carbocycles. The van der Waals surface area contributed by atoms with Gasteiger partial charge in [0.25, 0.3) is 5.91 Å². The molecule has 0 aliphatic rings. The average molecular weight is 383 g/mol. The highest BCUT2D eigenvalue weighted by molar-refractivity contribution is 5.94. The van der Waals surface area contributed by atoms with Gasteiger partial charge in [-0.25, -0.2) is 9.07 Å². The fraction of sp³-hybridized carbons (Fsp3) is 0.300. The Morgan fingerprint density at radius 2 is 1.89 bits per heavy atom. The molecule has 7 nitrogen and oxygen atoms in total. The molecular weight excluding hydrogens is 361 g/mol. The van der Waals surface area contributed by atoms with Gasteiger partial charge in [-0.05, 0) is 58.7 Å². The standard InChI is InChI=1S/C20H22FN5O2/c1-13(28-16-8-5-14(6-9-16)20(2,3)4)19(27)23-18-11-15(7-10-17(18)21)26-12-22-24-25-26/h5-13H,1-4H3,(H,23,27). The summed E-state index contributed by atoms with van der Waals surface area (Å²) >= 11 is 0. The maximum atomic E-state index is 14.1. The van der Waals surface area contributed by atoms with E-state index in [0.29, 0.717) is 11.4 Å². The molecule has 2 aromatic carbocycles. The van der Waals surface area contributed by atoms with Crippen LogP contribution in [0.5, 0.6) is 5.75 Å². The van der Waals surface area contributed by atoms with Gasteiger partial charge >= 0.3 is 0 Å². The molecule has 0 fully saturated rings. The second-order valence-electron chi connectivity index (χ2n) is 7.44. The average Bonchev–Trinajstić information content (AvgIpc) is 3.18. The zero-order chi connectivity index (χ0) is 20.3. The normalized spacial score (nSPS) is 12.5. The first-order valence-electron chi connectivity index (χ1n) is 8.85. The quantitative estimate of drug-likeness (QED) is 0.729. The highest BCUT2D eigenvalue weighted by atomic mass is 19.1. The number of ether oxygens (including phenoxy) is 1. The Balaban J connectivity index is 1.68.